The van der Waals surface area contributed by atoms with Crippen LogP contribution in [0.15, 0.2) is 0 Å². The minimum absolute atomic E-state index is 0.290. The van der Waals surface area contributed by atoms with Gasteiger partial charge in [-0.05, 0) is 26.3 Å². The molecule has 0 spiro atoms. The average molecular weight is 222 g/mol. The first-order valence-corrected chi connectivity index (χ1v) is 5.45. The first kappa shape index (κ1) is 12.8. The van der Waals surface area contributed by atoms with Crippen molar-refractivity contribution in [1.29, 1.82) is 0 Å². The second kappa shape index (κ2) is 6.35. The molecule has 0 bridgehead atoms. The summed E-state index contributed by atoms with van der Waals surface area (Å²) in [5.74, 6) is 0. The molecular formula is C10H20F2N2O. The minimum Gasteiger partial charge on any atom is -0.374 e. The quantitative estimate of drug-likeness (QED) is 0.707. The van der Waals surface area contributed by atoms with E-state index in [2.05, 4.69) is 11.8 Å². The number of nitrogens with zero attached hydrogens (tertiary/aromatic N) is 1. The van der Waals surface area contributed by atoms with E-state index < -0.39 is 13.0 Å². The van der Waals surface area contributed by atoms with Crippen molar-refractivity contribution < 1.29 is 13.5 Å². The lowest BCUT2D eigenvalue weighted by molar-refractivity contribution is 0.00306. The highest BCUT2D eigenvalue weighted by Gasteiger charge is 2.22. The highest BCUT2D eigenvalue weighted by Crippen LogP contribution is 2.15. The second-order valence-corrected chi connectivity index (χ2v) is 4.14. The zero-order valence-corrected chi connectivity index (χ0v) is 9.16. The molecule has 1 aliphatic heterocycles. The first-order valence-electron chi connectivity index (χ1n) is 5.45. The molecule has 1 fully saturated rings. The summed E-state index contributed by atoms with van der Waals surface area (Å²) in [5, 5.41) is 0. The number of hydrogen-bond acceptors (Lipinski definition) is 3. The van der Waals surface area contributed by atoms with E-state index in [1.165, 1.54) is 0 Å². The summed E-state index contributed by atoms with van der Waals surface area (Å²) in [6.45, 7) is 3.71. The van der Waals surface area contributed by atoms with Crippen molar-refractivity contribution >= 4 is 0 Å². The van der Waals surface area contributed by atoms with E-state index in [9.17, 15) is 8.78 Å². The van der Waals surface area contributed by atoms with Gasteiger partial charge >= 0.3 is 0 Å². The minimum atomic E-state index is -2.36. The fourth-order valence-corrected chi connectivity index (χ4v) is 1.94. The number of rotatable bonds is 5. The number of piperidine rings is 1. The van der Waals surface area contributed by atoms with E-state index in [1.807, 2.05) is 0 Å². The molecule has 2 atom stereocenters. The van der Waals surface area contributed by atoms with Gasteiger partial charge in [0.25, 0.3) is 6.43 Å². The Morgan fingerprint density at radius 3 is 2.87 bits per heavy atom. The fraction of sp³-hybridized carbons (Fsp3) is 1.00. The molecule has 0 saturated carbocycles. The third-order valence-electron chi connectivity index (χ3n) is 2.82. The molecule has 1 saturated heterocycles. The van der Waals surface area contributed by atoms with Crippen LogP contribution in [0, 0.1) is 0 Å². The van der Waals surface area contributed by atoms with Crippen molar-refractivity contribution in [1.82, 2.24) is 4.90 Å². The molecule has 0 aromatic carbocycles. The lowest BCUT2D eigenvalue weighted by Gasteiger charge is -2.36. The molecule has 3 nitrogen and oxygen atoms in total. The van der Waals surface area contributed by atoms with Gasteiger partial charge in [0.2, 0.25) is 0 Å². The lowest BCUT2D eigenvalue weighted by Crippen LogP contribution is -2.46. The monoisotopic (exact) mass is 222 g/mol. The molecule has 0 aliphatic carbocycles. The Morgan fingerprint density at radius 1 is 1.53 bits per heavy atom. The largest absolute Gasteiger partial charge is 0.374 e. The van der Waals surface area contributed by atoms with Crippen LogP contribution in [0.3, 0.4) is 0 Å². The van der Waals surface area contributed by atoms with E-state index in [1.54, 1.807) is 0 Å². The Balaban J connectivity index is 2.10. The Labute approximate surface area is 89.6 Å². The summed E-state index contributed by atoms with van der Waals surface area (Å²) in [7, 11) is 0. The molecule has 1 aliphatic rings. The zero-order valence-electron chi connectivity index (χ0n) is 9.16. The topological polar surface area (TPSA) is 38.5 Å². The van der Waals surface area contributed by atoms with Gasteiger partial charge in [0.15, 0.2) is 0 Å². The van der Waals surface area contributed by atoms with Crippen LogP contribution in [-0.2, 0) is 4.74 Å². The van der Waals surface area contributed by atoms with Gasteiger partial charge in [-0.15, -0.1) is 0 Å². The van der Waals surface area contributed by atoms with E-state index in [0.29, 0.717) is 18.7 Å². The summed E-state index contributed by atoms with van der Waals surface area (Å²) in [5.41, 5.74) is 5.82. The number of ether oxygens (including phenoxy) is 1. The maximum Gasteiger partial charge on any atom is 0.261 e. The molecule has 1 rings (SSSR count). The third kappa shape index (κ3) is 4.86. The number of alkyl halides is 2. The van der Waals surface area contributed by atoms with Gasteiger partial charge in [-0.25, -0.2) is 8.78 Å². The molecular weight excluding hydrogens is 202 g/mol. The van der Waals surface area contributed by atoms with Crippen LogP contribution in [0.1, 0.15) is 19.8 Å². The summed E-state index contributed by atoms with van der Waals surface area (Å²) in [6, 6.07) is 0.724. The van der Waals surface area contributed by atoms with E-state index >= 15 is 0 Å². The van der Waals surface area contributed by atoms with E-state index in [4.69, 9.17) is 10.5 Å². The molecule has 15 heavy (non-hydrogen) atoms. The van der Waals surface area contributed by atoms with Crippen LogP contribution in [0.5, 0.6) is 0 Å². The maximum atomic E-state index is 11.8. The maximum absolute atomic E-state index is 11.8. The van der Waals surface area contributed by atoms with Gasteiger partial charge in [-0.1, -0.05) is 0 Å². The van der Waals surface area contributed by atoms with Crippen molar-refractivity contribution in [2.24, 2.45) is 5.73 Å². The summed E-state index contributed by atoms with van der Waals surface area (Å²) in [4.78, 5) is 2.24. The van der Waals surface area contributed by atoms with Crippen molar-refractivity contribution in [2.75, 3.05) is 26.3 Å². The van der Waals surface area contributed by atoms with Gasteiger partial charge in [0.05, 0.1) is 6.61 Å². The number of likely N-dealkylation sites (tertiary alicyclic amines) is 1. The molecule has 5 heteroatoms. The van der Waals surface area contributed by atoms with Gasteiger partial charge in [-0.2, -0.15) is 0 Å². The summed E-state index contributed by atoms with van der Waals surface area (Å²) >= 11 is 0. The smallest absolute Gasteiger partial charge is 0.261 e. The van der Waals surface area contributed by atoms with Crippen LogP contribution in [0.4, 0.5) is 8.78 Å². The molecule has 0 radical (unpaired) electrons. The van der Waals surface area contributed by atoms with Gasteiger partial charge < -0.3 is 10.5 Å². The Morgan fingerprint density at radius 2 is 2.27 bits per heavy atom. The van der Waals surface area contributed by atoms with E-state index in [-0.39, 0.29) is 0 Å². The molecule has 1 heterocycles. The van der Waals surface area contributed by atoms with Crippen molar-refractivity contribution in [3.63, 3.8) is 0 Å². The van der Waals surface area contributed by atoms with Crippen LogP contribution < -0.4 is 5.73 Å². The zero-order chi connectivity index (χ0) is 11.3. The summed E-state index contributed by atoms with van der Waals surface area (Å²) in [6.07, 6.45) is -0.397. The first-order chi connectivity index (χ1) is 7.09. The SMILES string of the molecule is CC1CC(N)CCN1CCOCC(F)F. The standard InChI is InChI=1S/C10H20F2N2O/c1-8-6-9(13)2-3-14(8)4-5-15-7-10(11)12/h8-10H,2-7,13H2,1H3. The van der Waals surface area contributed by atoms with Crippen LogP contribution in [0.2, 0.25) is 0 Å². The third-order valence-corrected chi connectivity index (χ3v) is 2.82. The predicted molar refractivity (Wildman–Crippen MR) is 55.1 cm³/mol. The molecule has 2 N–H and O–H groups in total. The predicted octanol–water partition coefficient (Wildman–Crippen LogP) is 1.08. The molecule has 0 aromatic heterocycles. The number of halogens is 2. The van der Waals surface area contributed by atoms with Gasteiger partial charge in [0, 0.05) is 18.6 Å². The lowest BCUT2D eigenvalue weighted by atomic mass is 9.99. The van der Waals surface area contributed by atoms with Gasteiger partial charge in [-0.3, -0.25) is 4.90 Å². The highest BCUT2D eigenvalue weighted by atomic mass is 19.3. The molecule has 90 valence electrons. The van der Waals surface area contributed by atoms with Gasteiger partial charge in [0.1, 0.15) is 6.61 Å². The van der Waals surface area contributed by atoms with Crippen LogP contribution >= 0.6 is 0 Å². The second-order valence-electron chi connectivity index (χ2n) is 4.14. The van der Waals surface area contributed by atoms with Crippen LogP contribution in [0.25, 0.3) is 0 Å². The fourth-order valence-electron chi connectivity index (χ4n) is 1.94. The number of nitrogens with two attached hydrogens (primary N) is 1. The Bertz CT molecular complexity index is 181. The Hall–Kier alpha value is -0.260. The molecule has 0 aromatic rings. The van der Waals surface area contributed by atoms with E-state index in [0.717, 1.165) is 25.9 Å². The van der Waals surface area contributed by atoms with Crippen molar-refractivity contribution in [2.45, 2.75) is 38.3 Å². The van der Waals surface area contributed by atoms with Crippen LogP contribution in [-0.4, -0.2) is 49.7 Å². The van der Waals surface area contributed by atoms with Crippen molar-refractivity contribution in [3.05, 3.63) is 0 Å². The van der Waals surface area contributed by atoms with Crippen molar-refractivity contribution in [3.8, 4) is 0 Å². The number of hydrogen-bond donors (Lipinski definition) is 1. The highest BCUT2D eigenvalue weighted by molar-refractivity contribution is 4.80. The summed E-state index contributed by atoms with van der Waals surface area (Å²) < 4.78 is 28.4. The average Bonchev–Trinajstić information content (AvgIpc) is 2.14. The molecule has 2 unspecified atom stereocenters. The normalized spacial score (nSPS) is 28.6. The molecule has 0 amide bonds. The Kier molecular flexibility index (Phi) is 5.42.